The third-order valence-corrected chi connectivity index (χ3v) is 3.66. The van der Waals surface area contributed by atoms with Crippen molar-refractivity contribution in [3.8, 4) is 11.1 Å². The second-order valence-corrected chi connectivity index (χ2v) is 5.79. The maximum atomic E-state index is 13.2. The van der Waals surface area contributed by atoms with Crippen LogP contribution in [0.5, 0.6) is 0 Å². The summed E-state index contributed by atoms with van der Waals surface area (Å²) in [5.41, 5.74) is 2.86. The lowest BCUT2D eigenvalue weighted by Crippen LogP contribution is -2.21. The standard InChI is InChI=1S/C16H16Cl2FN/c1-10(2)20-9-13-7-11(3-5-14(13)17)12-4-6-16(19)15(18)8-12/h3-8,10,20H,9H2,1-2H3. The minimum Gasteiger partial charge on any atom is -0.310 e. The van der Waals surface area contributed by atoms with E-state index in [1.54, 1.807) is 12.1 Å². The van der Waals surface area contributed by atoms with Crippen molar-refractivity contribution in [1.29, 1.82) is 0 Å². The molecule has 0 atom stereocenters. The second-order valence-electron chi connectivity index (χ2n) is 4.97. The summed E-state index contributed by atoms with van der Waals surface area (Å²) in [5.74, 6) is -0.411. The topological polar surface area (TPSA) is 12.0 Å². The molecule has 0 heterocycles. The lowest BCUT2D eigenvalue weighted by Gasteiger charge is -2.11. The van der Waals surface area contributed by atoms with E-state index in [9.17, 15) is 4.39 Å². The molecule has 0 spiro atoms. The number of benzene rings is 2. The lowest BCUT2D eigenvalue weighted by atomic mass is 10.0. The summed E-state index contributed by atoms with van der Waals surface area (Å²) in [6.07, 6.45) is 0. The van der Waals surface area contributed by atoms with Gasteiger partial charge in [-0.3, -0.25) is 0 Å². The molecule has 0 unspecified atom stereocenters. The second kappa shape index (κ2) is 6.57. The summed E-state index contributed by atoms with van der Waals surface area (Å²) >= 11 is 12.0. The van der Waals surface area contributed by atoms with Crippen LogP contribution in [0.1, 0.15) is 19.4 Å². The first kappa shape index (κ1) is 15.3. The smallest absolute Gasteiger partial charge is 0.141 e. The Morgan fingerprint density at radius 1 is 1.00 bits per heavy atom. The van der Waals surface area contributed by atoms with E-state index in [1.165, 1.54) is 6.07 Å². The van der Waals surface area contributed by atoms with Crippen LogP contribution in [-0.2, 0) is 6.54 Å². The van der Waals surface area contributed by atoms with E-state index < -0.39 is 5.82 Å². The molecule has 106 valence electrons. The van der Waals surface area contributed by atoms with Crippen LogP contribution < -0.4 is 5.32 Å². The highest BCUT2D eigenvalue weighted by Crippen LogP contribution is 2.28. The summed E-state index contributed by atoms with van der Waals surface area (Å²) in [6.45, 7) is 4.86. The monoisotopic (exact) mass is 311 g/mol. The number of rotatable bonds is 4. The van der Waals surface area contributed by atoms with Crippen LogP contribution in [0.3, 0.4) is 0 Å². The van der Waals surface area contributed by atoms with E-state index in [-0.39, 0.29) is 5.02 Å². The fraction of sp³-hybridized carbons (Fsp3) is 0.250. The minimum atomic E-state index is -0.411. The van der Waals surface area contributed by atoms with Crippen molar-refractivity contribution < 1.29 is 4.39 Å². The molecular formula is C16H16Cl2FN. The summed E-state index contributed by atoms with van der Waals surface area (Å²) in [5, 5.41) is 4.17. The van der Waals surface area contributed by atoms with Gasteiger partial charge in [0.2, 0.25) is 0 Å². The zero-order valence-electron chi connectivity index (χ0n) is 11.4. The van der Waals surface area contributed by atoms with Crippen molar-refractivity contribution in [3.05, 3.63) is 57.8 Å². The molecular weight excluding hydrogens is 296 g/mol. The number of hydrogen-bond donors (Lipinski definition) is 1. The van der Waals surface area contributed by atoms with Gasteiger partial charge in [0, 0.05) is 17.6 Å². The van der Waals surface area contributed by atoms with Crippen LogP contribution in [0, 0.1) is 5.82 Å². The van der Waals surface area contributed by atoms with Gasteiger partial charge in [-0.2, -0.15) is 0 Å². The van der Waals surface area contributed by atoms with Crippen molar-refractivity contribution in [2.45, 2.75) is 26.4 Å². The molecule has 0 bridgehead atoms. The number of hydrogen-bond acceptors (Lipinski definition) is 1. The molecule has 1 nitrogen and oxygen atoms in total. The van der Waals surface area contributed by atoms with Crippen LogP contribution in [0.2, 0.25) is 10.0 Å². The van der Waals surface area contributed by atoms with Gasteiger partial charge in [-0.25, -0.2) is 4.39 Å². The van der Waals surface area contributed by atoms with Gasteiger partial charge in [0.25, 0.3) is 0 Å². The molecule has 4 heteroatoms. The van der Waals surface area contributed by atoms with Gasteiger partial charge in [-0.15, -0.1) is 0 Å². The van der Waals surface area contributed by atoms with Crippen molar-refractivity contribution >= 4 is 23.2 Å². The van der Waals surface area contributed by atoms with Crippen LogP contribution in [0.15, 0.2) is 36.4 Å². The first-order valence-corrected chi connectivity index (χ1v) is 7.20. The van der Waals surface area contributed by atoms with Gasteiger partial charge in [0.15, 0.2) is 0 Å². The molecule has 0 amide bonds. The molecule has 0 saturated carbocycles. The molecule has 0 aromatic heterocycles. The molecule has 2 aromatic rings. The predicted octanol–water partition coefficient (Wildman–Crippen LogP) is 5.30. The van der Waals surface area contributed by atoms with Gasteiger partial charge < -0.3 is 5.32 Å². The van der Waals surface area contributed by atoms with Crippen molar-refractivity contribution in [2.24, 2.45) is 0 Å². The highest BCUT2D eigenvalue weighted by atomic mass is 35.5. The maximum absolute atomic E-state index is 13.2. The Morgan fingerprint density at radius 2 is 1.65 bits per heavy atom. The van der Waals surface area contributed by atoms with Crippen LogP contribution in [0.25, 0.3) is 11.1 Å². The van der Waals surface area contributed by atoms with Crippen molar-refractivity contribution in [2.75, 3.05) is 0 Å². The van der Waals surface area contributed by atoms with E-state index >= 15 is 0 Å². The molecule has 0 saturated heterocycles. The molecule has 2 aromatic carbocycles. The molecule has 2 rings (SSSR count). The van der Waals surface area contributed by atoms with Gasteiger partial charge >= 0.3 is 0 Å². The van der Waals surface area contributed by atoms with E-state index in [2.05, 4.69) is 19.2 Å². The third kappa shape index (κ3) is 3.72. The summed E-state index contributed by atoms with van der Waals surface area (Å²) in [7, 11) is 0. The quantitative estimate of drug-likeness (QED) is 0.808. The zero-order valence-corrected chi connectivity index (χ0v) is 12.9. The van der Waals surface area contributed by atoms with E-state index in [0.29, 0.717) is 12.6 Å². The van der Waals surface area contributed by atoms with Crippen molar-refractivity contribution in [3.63, 3.8) is 0 Å². The molecule has 0 aliphatic rings. The summed E-state index contributed by atoms with van der Waals surface area (Å²) < 4.78 is 13.2. The molecule has 0 fully saturated rings. The normalized spacial score (nSPS) is 11.1. The average Bonchev–Trinajstić information content (AvgIpc) is 2.41. The van der Waals surface area contributed by atoms with Gasteiger partial charge in [-0.05, 0) is 41.0 Å². The number of halogens is 3. The fourth-order valence-corrected chi connectivity index (χ4v) is 2.24. The van der Waals surface area contributed by atoms with E-state index in [1.807, 2.05) is 18.2 Å². The summed E-state index contributed by atoms with van der Waals surface area (Å²) in [4.78, 5) is 0. The Bertz CT molecular complexity index is 611. The Kier molecular flexibility index (Phi) is 5.03. The highest BCUT2D eigenvalue weighted by Gasteiger charge is 2.07. The van der Waals surface area contributed by atoms with Gasteiger partial charge in [0.05, 0.1) is 5.02 Å². The average molecular weight is 312 g/mol. The maximum Gasteiger partial charge on any atom is 0.141 e. The number of nitrogens with one attached hydrogen (secondary N) is 1. The van der Waals surface area contributed by atoms with Crippen LogP contribution in [0.4, 0.5) is 4.39 Å². The highest BCUT2D eigenvalue weighted by molar-refractivity contribution is 6.31. The minimum absolute atomic E-state index is 0.124. The molecule has 0 aliphatic carbocycles. The molecule has 20 heavy (non-hydrogen) atoms. The third-order valence-electron chi connectivity index (χ3n) is 3.00. The molecule has 1 N–H and O–H groups in total. The Morgan fingerprint density at radius 3 is 2.30 bits per heavy atom. The Labute approximate surface area is 128 Å². The van der Waals surface area contributed by atoms with Crippen LogP contribution >= 0.6 is 23.2 Å². The summed E-state index contributed by atoms with van der Waals surface area (Å²) in [6, 6.07) is 10.9. The largest absolute Gasteiger partial charge is 0.310 e. The van der Waals surface area contributed by atoms with Gasteiger partial charge in [-0.1, -0.05) is 49.2 Å². The Hall–Kier alpha value is -1.09. The molecule has 0 aliphatic heterocycles. The first-order chi connectivity index (χ1) is 9.47. The SMILES string of the molecule is CC(C)NCc1cc(-c2ccc(F)c(Cl)c2)ccc1Cl. The lowest BCUT2D eigenvalue weighted by molar-refractivity contribution is 0.589. The Balaban J connectivity index is 2.32. The van der Waals surface area contributed by atoms with Gasteiger partial charge in [0.1, 0.15) is 5.82 Å². The molecule has 0 radical (unpaired) electrons. The van der Waals surface area contributed by atoms with E-state index in [4.69, 9.17) is 23.2 Å². The van der Waals surface area contributed by atoms with E-state index in [0.717, 1.165) is 21.7 Å². The zero-order chi connectivity index (χ0) is 14.7. The van der Waals surface area contributed by atoms with Crippen molar-refractivity contribution in [1.82, 2.24) is 5.32 Å². The fourth-order valence-electron chi connectivity index (χ4n) is 1.88. The first-order valence-electron chi connectivity index (χ1n) is 6.44. The van der Waals surface area contributed by atoms with Crippen LogP contribution in [-0.4, -0.2) is 6.04 Å². The predicted molar refractivity (Wildman–Crippen MR) is 83.8 cm³/mol.